The number of allylic oxidation sites excluding steroid dienone is 2. The minimum Gasteiger partial charge on any atom is -0.504 e. The number of hydrogen-bond acceptors (Lipinski definition) is 7. The van der Waals surface area contributed by atoms with E-state index in [0.29, 0.717) is 11.1 Å². The highest BCUT2D eigenvalue weighted by Gasteiger charge is 2.67. The van der Waals surface area contributed by atoms with Gasteiger partial charge >= 0.3 is 5.97 Å². The number of phenolic OH excluding ortho intramolecular Hbond substituents is 1. The summed E-state index contributed by atoms with van der Waals surface area (Å²) in [7, 11) is 1.39. The Labute approximate surface area is 273 Å². The van der Waals surface area contributed by atoms with E-state index in [2.05, 4.69) is 0 Å². The molecule has 0 bridgehead atoms. The number of imide groups is 2. The molecule has 3 aromatic carbocycles. The van der Waals surface area contributed by atoms with Gasteiger partial charge in [-0.25, -0.2) is 14.1 Å². The SMILES string of the molecule is COc1cc([C@H]2C3=CC[C@@H]4C(=O)N(c5cccc(C(=O)O)c5)C(=O)[C@@H]4[C@@H]3C[C@H]3C(=O)N(c4ccc(F)c(Cl)c4)C(=O)[C@@]23C)ccc1O. The molecule has 47 heavy (non-hydrogen) atoms. The van der Waals surface area contributed by atoms with Crippen molar-refractivity contribution in [3.63, 3.8) is 0 Å². The summed E-state index contributed by atoms with van der Waals surface area (Å²) in [5.74, 6) is -7.94. The summed E-state index contributed by atoms with van der Waals surface area (Å²) in [6.07, 6.45) is 2.13. The third kappa shape index (κ3) is 4.32. The highest BCUT2D eigenvalue weighted by atomic mass is 35.5. The van der Waals surface area contributed by atoms with Crippen molar-refractivity contribution in [2.45, 2.75) is 25.7 Å². The first-order valence-corrected chi connectivity index (χ1v) is 15.4. The molecule has 2 N–H and O–H groups in total. The topological polar surface area (TPSA) is 142 Å². The van der Waals surface area contributed by atoms with Crippen molar-refractivity contribution in [2.24, 2.45) is 29.1 Å². The Kier molecular flexibility index (Phi) is 7.01. The normalized spacial score (nSPS) is 28.2. The number of aromatic carboxylic acids is 1. The summed E-state index contributed by atoms with van der Waals surface area (Å²) in [5.41, 5.74) is 0.0570. The molecule has 3 aromatic rings. The third-order valence-electron chi connectivity index (χ3n) is 10.3. The van der Waals surface area contributed by atoms with Gasteiger partial charge in [0.25, 0.3) is 0 Å². The van der Waals surface area contributed by atoms with Crippen LogP contribution in [0.25, 0.3) is 0 Å². The van der Waals surface area contributed by atoms with Gasteiger partial charge in [0.2, 0.25) is 23.6 Å². The zero-order valence-electron chi connectivity index (χ0n) is 25.1. The first kappa shape index (κ1) is 30.6. The van der Waals surface area contributed by atoms with E-state index in [1.165, 1.54) is 49.6 Å². The molecule has 240 valence electrons. The number of carbonyl (C=O) groups excluding carboxylic acids is 4. The van der Waals surface area contributed by atoms with Crippen LogP contribution in [0.5, 0.6) is 11.5 Å². The number of fused-ring (bicyclic) bond motifs is 4. The number of phenols is 1. The standard InChI is InChI=1S/C35H28ClFN2O8/c1-35-23(31(42)39(34(35)46)19-7-10-25(37)24(36)14-19)15-22-20(29(35)16-6-11-26(40)27(13-16)47-2)8-9-21-28(22)32(43)38(30(21)41)18-5-3-4-17(12-18)33(44)45/h3-8,10-14,21-23,28-29,40H,9,15H2,1-2H3,(H,44,45)/t21-,22+,23-,28-,29-,35+/m0/s1. The van der Waals surface area contributed by atoms with Gasteiger partial charge in [-0.05, 0) is 79.8 Å². The predicted octanol–water partition coefficient (Wildman–Crippen LogP) is 5.33. The maximum absolute atomic E-state index is 14.5. The van der Waals surface area contributed by atoms with Crippen molar-refractivity contribution in [2.75, 3.05) is 16.9 Å². The molecule has 2 aliphatic carbocycles. The van der Waals surface area contributed by atoms with Crippen LogP contribution < -0.4 is 14.5 Å². The minimum absolute atomic E-state index is 0.0766. The molecule has 3 fully saturated rings. The number of anilines is 2. The molecule has 2 heterocycles. The van der Waals surface area contributed by atoms with E-state index in [1.807, 2.05) is 6.08 Å². The molecule has 4 amide bonds. The second kappa shape index (κ2) is 10.8. The highest BCUT2D eigenvalue weighted by molar-refractivity contribution is 6.32. The van der Waals surface area contributed by atoms with E-state index in [1.54, 1.807) is 19.1 Å². The second-order valence-corrected chi connectivity index (χ2v) is 13.0. The first-order valence-electron chi connectivity index (χ1n) is 15.0. The molecule has 2 saturated heterocycles. The van der Waals surface area contributed by atoms with Crippen LogP contribution in [0.15, 0.2) is 72.3 Å². The van der Waals surface area contributed by atoms with E-state index in [9.17, 15) is 38.6 Å². The molecule has 2 aliphatic heterocycles. The molecule has 12 heteroatoms. The fourth-order valence-electron chi connectivity index (χ4n) is 8.17. The number of halogens is 2. The zero-order valence-corrected chi connectivity index (χ0v) is 25.9. The van der Waals surface area contributed by atoms with Crippen molar-refractivity contribution < 1.29 is 43.3 Å². The number of carboxylic acids is 1. The van der Waals surface area contributed by atoms with Crippen molar-refractivity contribution >= 4 is 52.6 Å². The van der Waals surface area contributed by atoms with Crippen LogP contribution in [-0.2, 0) is 19.2 Å². The van der Waals surface area contributed by atoms with E-state index in [4.69, 9.17) is 16.3 Å². The lowest BCUT2D eigenvalue weighted by Crippen LogP contribution is -2.48. The lowest BCUT2D eigenvalue weighted by atomic mass is 9.51. The molecular weight excluding hydrogens is 631 g/mol. The lowest BCUT2D eigenvalue weighted by molar-refractivity contribution is -0.131. The Morgan fingerprint density at radius 1 is 0.957 bits per heavy atom. The van der Waals surface area contributed by atoms with Gasteiger partial charge in [0.1, 0.15) is 5.82 Å². The average molecular weight is 659 g/mol. The fraction of sp³-hybridized carbons (Fsp3) is 0.286. The van der Waals surface area contributed by atoms with Crippen LogP contribution in [0.1, 0.15) is 41.6 Å². The van der Waals surface area contributed by atoms with Crippen LogP contribution in [0.2, 0.25) is 5.02 Å². The molecule has 0 radical (unpaired) electrons. The van der Waals surface area contributed by atoms with Gasteiger partial charge in [0, 0.05) is 5.92 Å². The number of amides is 4. The summed E-state index contributed by atoms with van der Waals surface area (Å²) in [5, 5.41) is 19.6. The molecule has 0 aromatic heterocycles. The summed E-state index contributed by atoms with van der Waals surface area (Å²) >= 11 is 6.05. The summed E-state index contributed by atoms with van der Waals surface area (Å²) in [6.45, 7) is 1.70. The van der Waals surface area contributed by atoms with Crippen molar-refractivity contribution in [1.82, 2.24) is 0 Å². The smallest absolute Gasteiger partial charge is 0.335 e. The van der Waals surface area contributed by atoms with Gasteiger partial charge in [0.15, 0.2) is 11.5 Å². The van der Waals surface area contributed by atoms with E-state index >= 15 is 0 Å². The number of nitrogens with zero attached hydrogens (tertiary/aromatic N) is 2. The molecule has 0 unspecified atom stereocenters. The van der Waals surface area contributed by atoms with Crippen molar-refractivity contribution in [3.8, 4) is 11.5 Å². The lowest BCUT2D eigenvalue weighted by Gasteiger charge is -2.49. The number of carboxylic acid groups (broad SMARTS) is 1. The summed E-state index contributed by atoms with van der Waals surface area (Å²) in [6, 6.07) is 13.9. The third-order valence-corrected chi connectivity index (χ3v) is 10.6. The van der Waals surface area contributed by atoms with Crippen LogP contribution in [0.4, 0.5) is 15.8 Å². The van der Waals surface area contributed by atoms with Gasteiger partial charge in [-0.1, -0.05) is 35.4 Å². The number of carbonyl (C=O) groups is 5. The van der Waals surface area contributed by atoms with Gasteiger partial charge in [-0.15, -0.1) is 0 Å². The predicted molar refractivity (Wildman–Crippen MR) is 167 cm³/mol. The largest absolute Gasteiger partial charge is 0.504 e. The number of methoxy groups -OCH3 is 1. The molecule has 10 nitrogen and oxygen atoms in total. The van der Waals surface area contributed by atoms with Crippen molar-refractivity contribution in [3.05, 3.63) is 94.3 Å². The van der Waals surface area contributed by atoms with Gasteiger partial charge in [-0.3, -0.25) is 24.1 Å². The molecule has 0 spiro atoms. The van der Waals surface area contributed by atoms with E-state index < -0.39 is 70.4 Å². The number of rotatable bonds is 5. The zero-order chi connectivity index (χ0) is 33.5. The maximum atomic E-state index is 14.5. The molecular formula is C35H28ClFN2O8. The summed E-state index contributed by atoms with van der Waals surface area (Å²) < 4.78 is 19.5. The van der Waals surface area contributed by atoms with E-state index in [0.717, 1.165) is 15.9 Å². The number of benzene rings is 3. The minimum atomic E-state index is -1.38. The Balaban J connectivity index is 1.37. The summed E-state index contributed by atoms with van der Waals surface area (Å²) in [4.78, 5) is 70.5. The Morgan fingerprint density at radius 2 is 1.70 bits per heavy atom. The maximum Gasteiger partial charge on any atom is 0.335 e. The second-order valence-electron chi connectivity index (χ2n) is 12.6. The number of ether oxygens (including phenoxy) is 1. The van der Waals surface area contributed by atoms with Crippen molar-refractivity contribution in [1.29, 1.82) is 0 Å². The van der Waals surface area contributed by atoms with E-state index in [-0.39, 0.29) is 46.3 Å². The Morgan fingerprint density at radius 3 is 2.40 bits per heavy atom. The van der Waals surface area contributed by atoms with Crippen LogP contribution in [-0.4, -0.2) is 46.9 Å². The Hall–Kier alpha value is -5.03. The van der Waals surface area contributed by atoms with Crippen LogP contribution in [0.3, 0.4) is 0 Å². The van der Waals surface area contributed by atoms with Crippen LogP contribution in [0, 0.1) is 34.9 Å². The van der Waals surface area contributed by atoms with Gasteiger partial charge < -0.3 is 14.9 Å². The highest BCUT2D eigenvalue weighted by Crippen LogP contribution is 2.64. The molecule has 1 saturated carbocycles. The first-order chi connectivity index (χ1) is 22.4. The van der Waals surface area contributed by atoms with Crippen LogP contribution >= 0.6 is 11.6 Å². The molecule has 4 aliphatic rings. The molecule has 6 atom stereocenters. The Bertz CT molecular complexity index is 1960. The number of aromatic hydroxyl groups is 1. The average Bonchev–Trinajstić information content (AvgIpc) is 3.42. The van der Waals surface area contributed by atoms with Gasteiger partial charge in [-0.2, -0.15) is 0 Å². The number of hydrogen-bond donors (Lipinski definition) is 2. The fourth-order valence-corrected chi connectivity index (χ4v) is 8.35. The van der Waals surface area contributed by atoms with Gasteiger partial charge in [0.05, 0.1) is 52.2 Å². The molecule has 7 rings (SSSR count). The quantitative estimate of drug-likeness (QED) is 0.277. The monoisotopic (exact) mass is 658 g/mol.